The van der Waals surface area contributed by atoms with Gasteiger partial charge in [0.25, 0.3) is 0 Å². The van der Waals surface area contributed by atoms with Gasteiger partial charge in [-0.05, 0) is 30.5 Å². The van der Waals surface area contributed by atoms with Crippen LogP contribution in [0.1, 0.15) is 23.6 Å². The first-order chi connectivity index (χ1) is 9.95. The second-order valence-corrected chi connectivity index (χ2v) is 5.17. The van der Waals surface area contributed by atoms with Gasteiger partial charge in [-0.3, -0.25) is 0 Å². The minimum atomic E-state index is -4.29. The maximum Gasteiger partial charge on any atom is 0.416 e. The summed E-state index contributed by atoms with van der Waals surface area (Å²) in [6, 6.07) is 15.7. The van der Waals surface area contributed by atoms with E-state index in [0.717, 1.165) is 12.5 Å². The molecule has 0 saturated carbocycles. The van der Waals surface area contributed by atoms with Crippen molar-refractivity contribution in [1.29, 1.82) is 0 Å². The van der Waals surface area contributed by atoms with Crippen molar-refractivity contribution in [1.82, 2.24) is 5.32 Å². The van der Waals surface area contributed by atoms with Gasteiger partial charge < -0.3 is 5.32 Å². The number of nitrogens with one attached hydrogen (secondary N) is 1. The van der Waals surface area contributed by atoms with Crippen LogP contribution in [0, 0.1) is 0 Å². The van der Waals surface area contributed by atoms with Crippen molar-refractivity contribution >= 4 is 12.4 Å². The van der Waals surface area contributed by atoms with Gasteiger partial charge in [0.05, 0.1) is 5.56 Å². The molecular weight excluding hydrogens is 311 g/mol. The Labute approximate surface area is 135 Å². The summed E-state index contributed by atoms with van der Waals surface area (Å²) in [7, 11) is 0. The first kappa shape index (κ1) is 18.5. The third-order valence-corrected chi connectivity index (χ3v) is 3.29. The molecule has 2 rings (SSSR count). The zero-order valence-electron chi connectivity index (χ0n) is 12.2. The van der Waals surface area contributed by atoms with Gasteiger partial charge in [-0.15, -0.1) is 12.4 Å². The fourth-order valence-corrected chi connectivity index (χ4v) is 2.19. The van der Waals surface area contributed by atoms with E-state index in [4.69, 9.17) is 0 Å². The summed E-state index contributed by atoms with van der Waals surface area (Å²) >= 11 is 0. The van der Waals surface area contributed by atoms with Crippen LogP contribution in [0.25, 0.3) is 0 Å². The van der Waals surface area contributed by atoms with Crippen molar-refractivity contribution in [2.24, 2.45) is 0 Å². The summed E-state index contributed by atoms with van der Waals surface area (Å²) < 4.78 is 37.9. The fraction of sp³-hybridized carbons (Fsp3) is 0.294. The van der Waals surface area contributed by atoms with E-state index in [1.807, 2.05) is 37.3 Å². The van der Waals surface area contributed by atoms with Crippen LogP contribution < -0.4 is 5.32 Å². The van der Waals surface area contributed by atoms with Crippen LogP contribution in [-0.4, -0.2) is 6.04 Å². The molecular formula is C17H19ClF3N. The number of halogens is 4. The average molecular weight is 330 g/mol. The molecule has 2 aromatic rings. The molecule has 0 spiro atoms. The highest BCUT2D eigenvalue weighted by Crippen LogP contribution is 2.29. The van der Waals surface area contributed by atoms with Gasteiger partial charge in [0, 0.05) is 12.6 Å². The largest absolute Gasteiger partial charge is 0.416 e. The van der Waals surface area contributed by atoms with Crippen LogP contribution in [0.4, 0.5) is 13.2 Å². The first-order valence-corrected chi connectivity index (χ1v) is 6.88. The smallest absolute Gasteiger partial charge is 0.310 e. The number of hydrogen-bond donors (Lipinski definition) is 1. The summed E-state index contributed by atoms with van der Waals surface area (Å²) in [6.45, 7) is 2.46. The molecule has 0 fully saturated rings. The zero-order valence-corrected chi connectivity index (χ0v) is 13.0. The highest BCUT2D eigenvalue weighted by Gasteiger charge is 2.30. The highest BCUT2D eigenvalue weighted by atomic mass is 35.5. The Morgan fingerprint density at radius 1 is 0.955 bits per heavy atom. The number of alkyl halides is 3. The van der Waals surface area contributed by atoms with E-state index in [-0.39, 0.29) is 18.4 Å². The maximum atomic E-state index is 12.6. The van der Waals surface area contributed by atoms with Crippen molar-refractivity contribution in [3.05, 3.63) is 71.3 Å². The third kappa shape index (κ3) is 5.70. The number of hydrogen-bond acceptors (Lipinski definition) is 1. The van der Waals surface area contributed by atoms with Gasteiger partial charge in [-0.2, -0.15) is 13.2 Å². The monoisotopic (exact) mass is 329 g/mol. The number of rotatable bonds is 5. The van der Waals surface area contributed by atoms with E-state index in [0.29, 0.717) is 12.1 Å². The lowest BCUT2D eigenvalue weighted by Crippen LogP contribution is -2.27. The molecule has 1 atom stereocenters. The van der Waals surface area contributed by atoms with Crippen molar-refractivity contribution in [2.45, 2.75) is 32.1 Å². The van der Waals surface area contributed by atoms with Crippen LogP contribution in [0.5, 0.6) is 0 Å². The summed E-state index contributed by atoms with van der Waals surface area (Å²) in [5.74, 6) is 0. The topological polar surface area (TPSA) is 12.0 Å². The molecule has 22 heavy (non-hydrogen) atoms. The average Bonchev–Trinajstić information content (AvgIpc) is 2.46. The van der Waals surface area contributed by atoms with Gasteiger partial charge in [0.2, 0.25) is 0 Å². The Morgan fingerprint density at radius 3 is 2.23 bits per heavy atom. The summed E-state index contributed by atoms with van der Waals surface area (Å²) in [6.07, 6.45) is -3.44. The maximum absolute atomic E-state index is 12.6. The minimum Gasteiger partial charge on any atom is -0.310 e. The van der Waals surface area contributed by atoms with E-state index in [2.05, 4.69) is 5.32 Å². The summed E-state index contributed by atoms with van der Waals surface area (Å²) in [5.41, 5.74) is 1.25. The zero-order chi connectivity index (χ0) is 15.3. The molecule has 0 aliphatic rings. The standard InChI is InChI=1S/C17H18F3N.ClH/c1-13(10-14-6-3-2-4-7-14)21-12-15-8-5-9-16(11-15)17(18,19)20;/h2-9,11,13,21H,10,12H2,1H3;1H. The van der Waals surface area contributed by atoms with Crippen LogP contribution in [0.3, 0.4) is 0 Å². The summed E-state index contributed by atoms with van der Waals surface area (Å²) in [5, 5.41) is 3.26. The second kappa shape index (κ2) is 8.20. The number of benzene rings is 2. The molecule has 0 saturated heterocycles. The molecule has 1 unspecified atom stereocenters. The molecule has 120 valence electrons. The Kier molecular flexibility index (Phi) is 6.91. The molecule has 1 N–H and O–H groups in total. The molecule has 0 heterocycles. The Bertz CT molecular complexity index is 570. The molecule has 0 radical (unpaired) electrons. The predicted molar refractivity (Wildman–Crippen MR) is 85.1 cm³/mol. The SMILES string of the molecule is CC(Cc1ccccc1)NCc1cccc(C(F)(F)F)c1.Cl. The van der Waals surface area contributed by atoms with Crippen molar-refractivity contribution in [3.8, 4) is 0 Å². The van der Waals surface area contributed by atoms with Crippen LogP contribution >= 0.6 is 12.4 Å². The van der Waals surface area contributed by atoms with E-state index >= 15 is 0 Å². The van der Waals surface area contributed by atoms with Crippen molar-refractivity contribution < 1.29 is 13.2 Å². The van der Waals surface area contributed by atoms with E-state index < -0.39 is 11.7 Å². The van der Waals surface area contributed by atoms with Gasteiger partial charge in [0.15, 0.2) is 0 Å². The molecule has 0 bridgehead atoms. The second-order valence-electron chi connectivity index (χ2n) is 5.17. The Morgan fingerprint density at radius 2 is 1.59 bits per heavy atom. The molecule has 0 amide bonds. The summed E-state index contributed by atoms with van der Waals surface area (Å²) in [4.78, 5) is 0. The van der Waals surface area contributed by atoms with E-state index in [1.54, 1.807) is 6.07 Å². The highest BCUT2D eigenvalue weighted by molar-refractivity contribution is 5.85. The lowest BCUT2D eigenvalue weighted by molar-refractivity contribution is -0.137. The van der Waals surface area contributed by atoms with Crippen molar-refractivity contribution in [3.63, 3.8) is 0 Å². The van der Waals surface area contributed by atoms with Crippen LogP contribution in [-0.2, 0) is 19.1 Å². The first-order valence-electron chi connectivity index (χ1n) is 6.88. The van der Waals surface area contributed by atoms with E-state index in [1.165, 1.54) is 17.7 Å². The predicted octanol–water partition coefficient (Wildman–Crippen LogP) is 4.85. The van der Waals surface area contributed by atoms with E-state index in [9.17, 15) is 13.2 Å². The van der Waals surface area contributed by atoms with Gasteiger partial charge in [0.1, 0.15) is 0 Å². The Balaban J connectivity index is 0.00000242. The van der Waals surface area contributed by atoms with Crippen LogP contribution in [0.15, 0.2) is 54.6 Å². The third-order valence-electron chi connectivity index (χ3n) is 3.29. The van der Waals surface area contributed by atoms with Crippen molar-refractivity contribution in [2.75, 3.05) is 0 Å². The quantitative estimate of drug-likeness (QED) is 0.827. The van der Waals surface area contributed by atoms with Gasteiger partial charge in [-0.25, -0.2) is 0 Å². The molecule has 0 aliphatic carbocycles. The Hall–Kier alpha value is -1.52. The lowest BCUT2D eigenvalue weighted by Gasteiger charge is -2.15. The van der Waals surface area contributed by atoms with Gasteiger partial charge in [-0.1, -0.05) is 48.5 Å². The normalized spacial score (nSPS) is 12.5. The molecule has 2 aromatic carbocycles. The minimum absolute atomic E-state index is 0. The molecule has 0 aromatic heterocycles. The van der Waals surface area contributed by atoms with Gasteiger partial charge >= 0.3 is 6.18 Å². The molecule has 1 nitrogen and oxygen atoms in total. The molecule has 5 heteroatoms. The lowest BCUT2D eigenvalue weighted by atomic mass is 10.1. The molecule has 0 aliphatic heterocycles. The fourth-order valence-electron chi connectivity index (χ4n) is 2.19. The van der Waals surface area contributed by atoms with Crippen LogP contribution in [0.2, 0.25) is 0 Å².